The lowest BCUT2D eigenvalue weighted by Crippen LogP contribution is -2.47. The van der Waals surface area contributed by atoms with Crippen LogP contribution in [-0.2, 0) is 6.42 Å². The minimum absolute atomic E-state index is 0.106. The summed E-state index contributed by atoms with van der Waals surface area (Å²) in [6.07, 6.45) is 8.75. The molecule has 2 saturated carbocycles. The van der Waals surface area contributed by atoms with Crippen LogP contribution in [0.2, 0.25) is 0 Å². The number of methoxy groups -OCH3 is 1. The lowest BCUT2D eigenvalue weighted by Gasteiger charge is -2.53. The van der Waals surface area contributed by atoms with Crippen LogP contribution in [0.3, 0.4) is 0 Å². The van der Waals surface area contributed by atoms with Gasteiger partial charge < -0.3 is 9.84 Å². The first-order valence-electron chi connectivity index (χ1n) is 9.54. The molecule has 0 bridgehead atoms. The molecular formula is C22H30O2. The van der Waals surface area contributed by atoms with Gasteiger partial charge >= 0.3 is 0 Å². The van der Waals surface area contributed by atoms with E-state index in [1.807, 2.05) is 0 Å². The standard InChI is InChI=1S/C22H30O2/c1-4-5-14-12-15-13-16(24-3)6-7-17(15)18-10-11-22(2)19(21(14)18)8-9-20(22)23/h4,6-7,13-14,18-21,23H,1,5,8-12H2,2-3H3. The summed E-state index contributed by atoms with van der Waals surface area (Å²) in [5, 5.41) is 10.6. The second-order valence-electron chi connectivity index (χ2n) is 8.48. The third-order valence-corrected chi connectivity index (χ3v) is 7.53. The molecule has 0 saturated heterocycles. The fourth-order valence-corrected chi connectivity index (χ4v) is 6.31. The van der Waals surface area contributed by atoms with Crippen molar-refractivity contribution in [2.24, 2.45) is 23.2 Å². The number of rotatable bonds is 3. The van der Waals surface area contributed by atoms with E-state index in [4.69, 9.17) is 4.74 Å². The smallest absolute Gasteiger partial charge is 0.119 e. The van der Waals surface area contributed by atoms with E-state index in [2.05, 4.69) is 37.8 Å². The second-order valence-corrected chi connectivity index (χ2v) is 8.48. The Hall–Kier alpha value is -1.28. The predicted octanol–water partition coefficient (Wildman–Crippen LogP) is 4.71. The Bertz CT molecular complexity index is 637. The number of fused-ring (bicyclic) bond motifs is 5. The molecule has 0 heterocycles. The highest BCUT2D eigenvalue weighted by molar-refractivity contribution is 5.41. The van der Waals surface area contributed by atoms with Gasteiger partial charge in [-0.05, 0) is 90.9 Å². The van der Waals surface area contributed by atoms with E-state index in [0.717, 1.165) is 31.4 Å². The average molecular weight is 326 g/mol. The minimum Gasteiger partial charge on any atom is -0.497 e. The number of benzene rings is 1. The van der Waals surface area contributed by atoms with Crippen molar-refractivity contribution in [3.63, 3.8) is 0 Å². The molecule has 1 aromatic carbocycles. The van der Waals surface area contributed by atoms with Crippen LogP contribution in [0.4, 0.5) is 0 Å². The Morgan fingerprint density at radius 2 is 2.17 bits per heavy atom. The molecule has 3 aliphatic carbocycles. The van der Waals surface area contributed by atoms with Gasteiger partial charge in [0.2, 0.25) is 0 Å². The number of hydrogen-bond acceptors (Lipinski definition) is 2. The van der Waals surface area contributed by atoms with E-state index in [9.17, 15) is 5.11 Å². The maximum absolute atomic E-state index is 10.6. The molecule has 4 rings (SSSR count). The van der Waals surface area contributed by atoms with Crippen LogP contribution in [0.5, 0.6) is 5.75 Å². The first kappa shape index (κ1) is 16.2. The Morgan fingerprint density at radius 3 is 2.92 bits per heavy atom. The quantitative estimate of drug-likeness (QED) is 0.815. The van der Waals surface area contributed by atoms with E-state index in [1.54, 1.807) is 12.7 Å². The summed E-state index contributed by atoms with van der Waals surface area (Å²) in [7, 11) is 1.75. The van der Waals surface area contributed by atoms with Gasteiger partial charge in [-0.3, -0.25) is 0 Å². The molecule has 2 nitrogen and oxygen atoms in total. The molecule has 130 valence electrons. The van der Waals surface area contributed by atoms with Crippen LogP contribution < -0.4 is 4.74 Å². The largest absolute Gasteiger partial charge is 0.497 e. The molecule has 0 spiro atoms. The highest BCUT2D eigenvalue weighted by Gasteiger charge is 2.56. The van der Waals surface area contributed by atoms with Crippen molar-refractivity contribution in [3.05, 3.63) is 42.0 Å². The van der Waals surface area contributed by atoms with E-state index < -0.39 is 0 Å². The Morgan fingerprint density at radius 1 is 1.33 bits per heavy atom. The lowest BCUT2D eigenvalue weighted by molar-refractivity contribution is -0.0377. The van der Waals surface area contributed by atoms with Gasteiger partial charge in [0.25, 0.3) is 0 Å². The van der Waals surface area contributed by atoms with Crippen LogP contribution in [0.15, 0.2) is 30.9 Å². The van der Waals surface area contributed by atoms with Crippen LogP contribution in [-0.4, -0.2) is 18.3 Å². The van der Waals surface area contributed by atoms with Crippen LogP contribution >= 0.6 is 0 Å². The lowest BCUT2D eigenvalue weighted by atomic mass is 9.52. The van der Waals surface area contributed by atoms with Gasteiger partial charge in [0.1, 0.15) is 5.75 Å². The van der Waals surface area contributed by atoms with Gasteiger partial charge in [-0.1, -0.05) is 19.1 Å². The molecule has 1 aromatic rings. The summed E-state index contributed by atoms with van der Waals surface area (Å²) < 4.78 is 5.46. The fourth-order valence-electron chi connectivity index (χ4n) is 6.31. The second kappa shape index (κ2) is 5.91. The number of aliphatic hydroxyl groups is 1. The first-order valence-corrected chi connectivity index (χ1v) is 9.54. The zero-order chi connectivity index (χ0) is 16.9. The van der Waals surface area contributed by atoms with Crippen molar-refractivity contribution in [1.29, 1.82) is 0 Å². The van der Waals surface area contributed by atoms with Gasteiger partial charge in [0, 0.05) is 0 Å². The molecule has 1 N–H and O–H groups in total. The minimum atomic E-state index is -0.106. The molecule has 2 fully saturated rings. The zero-order valence-corrected chi connectivity index (χ0v) is 15.0. The van der Waals surface area contributed by atoms with Crippen molar-refractivity contribution in [2.75, 3.05) is 7.11 Å². The van der Waals surface area contributed by atoms with Crippen molar-refractivity contribution in [2.45, 2.75) is 57.5 Å². The third-order valence-electron chi connectivity index (χ3n) is 7.53. The molecule has 6 unspecified atom stereocenters. The molecule has 2 heteroatoms. The maximum atomic E-state index is 10.6. The summed E-state index contributed by atoms with van der Waals surface area (Å²) >= 11 is 0. The van der Waals surface area contributed by atoms with E-state index >= 15 is 0 Å². The predicted molar refractivity (Wildman–Crippen MR) is 97.3 cm³/mol. The Kier molecular flexibility index (Phi) is 3.99. The highest BCUT2D eigenvalue weighted by Crippen LogP contribution is 2.62. The summed E-state index contributed by atoms with van der Waals surface area (Å²) in [5.41, 5.74) is 3.15. The number of hydrogen-bond donors (Lipinski definition) is 1. The van der Waals surface area contributed by atoms with Crippen LogP contribution in [0.25, 0.3) is 0 Å². The molecule has 0 aliphatic heterocycles. The first-order chi connectivity index (χ1) is 11.6. The average Bonchev–Trinajstić information content (AvgIpc) is 2.89. The molecule has 24 heavy (non-hydrogen) atoms. The summed E-state index contributed by atoms with van der Waals surface area (Å²) in [6.45, 7) is 6.37. The van der Waals surface area contributed by atoms with Gasteiger partial charge in [-0.15, -0.1) is 6.58 Å². The van der Waals surface area contributed by atoms with E-state index in [0.29, 0.717) is 23.7 Å². The normalized spacial score (nSPS) is 40.4. The number of aliphatic hydroxyl groups excluding tert-OH is 1. The molecule has 0 radical (unpaired) electrons. The van der Waals surface area contributed by atoms with Gasteiger partial charge in [-0.2, -0.15) is 0 Å². The van der Waals surface area contributed by atoms with Crippen LogP contribution in [0.1, 0.15) is 56.1 Å². The molecule has 0 aromatic heterocycles. The monoisotopic (exact) mass is 326 g/mol. The molecule has 6 atom stereocenters. The SMILES string of the molecule is C=CCC1Cc2cc(OC)ccc2C2CCC3(C)C(O)CCC3C12. The highest BCUT2D eigenvalue weighted by atomic mass is 16.5. The molecule has 3 aliphatic rings. The maximum Gasteiger partial charge on any atom is 0.119 e. The Balaban J connectivity index is 1.76. The zero-order valence-electron chi connectivity index (χ0n) is 15.0. The fraction of sp³-hybridized carbons (Fsp3) is 0.636. The van der Waals surface area contributed by atoms with E-state index in [1.165, 1.54) is 18.4 Å². The van der Waals surface area contributed by atoms with Crippen molar-refractivity contribution in [1.82, 2.24) is 0 Å². The summed E-state index contributed by atoms with van der Waals surface area (Å²) in [4.78, 5) is 0. The van der Waals surface area contributed by atoms with Gasteiger partial charge in [0.05, 0.1) is 13.2 Å². The number of ether oxygens (including phenoxy) is 1. The Labute approximate surface area is 145 Å². The van der Waals surface area contributed by atoms with Crippen LogP contribution in [0, 0.1) is 23.2 Å². The topological polar surface area (TPSA) is 29.5 Å². The third kappa shape index (κ3) is 2.26. The number of allylic oxidation sites excluding steroid dienone is 1. The molecular weight excluding hydrogens is 296 g/mol. The van der Waals surface area contributed by atoms with Gasteiger partial charge in [-0.25, -0.2) is 0 Å². The molecule has 0 amide bonds. The summed E-state index contributed by atoms with van der Waals surface area (Å²) in [5.74, 6) is 3.63. The van der Waals surface area contributed by atoms with Gasteiger partial charge in [0.15, 0.2) is 0 Å². The van der Waals surface area contributed by atoms with Crippen molar-refractivity contribution >= 4 is 0 Å². The van der Waals surface area contributed by atoms with E-state index in [-0.39, 0.29) is 11.5 Å². The van der Waals surface area contributed by atoms with Crippen molar-refractivity contribution < 1.29 is 9.84 Å². The summed E-state index contributed by atoms with van der Waals surface area (Å²) in [6, 6.07) is 6.68. The van der Waals surface area contributed by atoms with Crippen molar-refractivity contribution in [3.8, 4) is 5.75 Å².